The number of anilines is 1. The van der Waals surface area contributed by atoms with Crippen molar-refractivity contribution in [3.05, 3.63) is 52.4 Å². The van der Waals surface area contributed by atoms with Crippen molar-refractivity contribution in [1.82, 2.24) is 0 Å². The SMILES string of the molecule is Cc1ccc(C(=O)Nc2cc(C(F)(F)F)ccc2Cl)o1. The van der Waals surface area contributed by atoms with Gasteiger partial charge in [-0.05, 0) is 37.3 Å². The van der Waals surface area contributed by atoms with Gasteiger partial charge >= 0.3 is 6.18 Å². The molecule has 3 nitrogen and oxygen atoms in total. The van der Waals surface area contributed by atoms with Crippen LogP contribution in [0.4, 0.5) is 18.9 Å². The normalized spacial score (nSPS) is 11.4. The van der Waals surface area contributed by atoms with Crippen LogP contribution in [0, 0.1) is 6.92 Å². The Morgan fingerprint density at radius 2 is 1.95 bits per heavy atom. The number of amides is 1. The lowest BCUT2D eigenvalue weighted by atomic mass is 10.2. The molecule has 0 atom stereocenters. The Morgan fingerprint density at radius 3 is 2.50 bits per heavy atom. The zero-order chi connectivity index (χ0) is 14.9. The average molecular weight is 304 g/mol. The van der Waals surface area contributed by atoms with Gasteiger partial charge in [0.25, 0.3) is 5.91 Å². The maximum Gasteiger partial charge on any atom is 0.416 e. The van der Waals surface area contributed by atoms with Gasteiger partial charge in [0.05, 0.1) is 16.3 Å². The second-order valence-corrected chi connectivity index (χ2v) is 4.46. The highest BCUT2D eigenvalue weighted by molar-refractivity contribution is 6.33. The van der Waals surface area contributed by atoms with Crippen molar-refractivity contribution in [2.45, 2.75) is 13.1 Å². The van der Waals surface area contributed by atoms with E-state index in [1.54, 1.807) is 13.0 Å². The molecule has 7 heteroatoms. The standard InChI is InChI=1S/C13H9ClF3NO2/c1-7-2-5-11(20-7)12(19)18-10-6-8(13(15,16)17)3-4-9(10)14/h2-6H,1H3,(H,18,19). The van der Waals surface area contributed by atoms with Gasteiger partial charge in [-0.2, -0.15) is 13.2 Å². The van der Waals surface area contributed by atoms with E-state index in [0.29, 0.717) is 5.76 Å². The van der Waals surface area contributed by atoms with Crippen LogP contribution in [0.25, 0.3) is 0 Å². The van der Waals surface area contributed by atoms with Crippen LogP contribution in [-0.2, 0) is 6.18 Å². The number of hydrogen-bond donors (Lipinski definition) is 1. The molecule has 0 saturated heterocycles. The molecule has 0 aliphatic carbocycles. The van der Waals surface area contributed by atoms with E-state index in [2.05, 4.69) is 5.32 Å². The molecule has 1 amide bonds. The van der Waals surface area contributed by atoms with Crippen molar-refractivity contribution in [3.63, 3.8) is 0 Å². The molecule has 1 heterocycles. The first-order valence-corrected chi connectivity index (χ1v) is 5.89. The van der Waals surface area contributed by atoms with E-state index in [9.17, 15) is 18.0 Å². The van der Waals surface area contributed by atoms with Crippen LogP contribution in [0.2, 0.25) is 5.02 Å². The van der Waals surface area contributed by atoms with Gasteiger partial charge in [-0.25, -0.2) is 0 Å². The van der Waals surface area contributed by atoms with Gasteiger partial charge in [-0.3, -0.25) is 4.79 Å². The van der Waals surface area contributed by atoms with Crippen LogP contribution in [0.15, 0.2) is 34.7 Å². The predicted molar refractivity (Wildman–Crippen MR) is 67.9 cm³/mol. The molecule has 1 aromatic heterocycles. The summed E-state index contributed by atoms with van der Waals surface area (Å²) in [5.41, 5.74) is -1.02. The van der Waals surface area contributed by atoms with Crippen molar-refractivity contribution in [3.8, 4) is 0 Å². The van der Waals surface area contributed by atoms with Crippen LogP contribution in [0.3, 0.4) is 0 Å². The second-order valence-electron chi connectivity index (χ2n) is 4.06. The molecular weight excluding hydrogens is 295 g/mol. The number of halogens is 4. The molecule has 2 aromatic rings. The van der Waals surface area contributed by atoms with E-state index in [1.807, 2.05) is 0 Å². The molecule has 0 aliphatic rings. The highest BCUT2D eigenvalue weighted by Crippen LogP contribution is 2.34. The molecule has 2 rings (SSSR count). The zero-order valence-corrected chi connectivity index (χ0v) is 11.0. The molecule has 0 saturated carbocycles. The third-order valence-corrected chi connectivity index (χ3v) is 2.84. The lowest BCUT2D eigenvalue weighted by molar-refractivity contribution is -0.137. The summed E-state index contributed by atoms with van der Waals surface area (Å²) in [6.45, 7) is 1.65. The molecule has 20 heavy (non-hydrogen) atoms. The maximum atomic E-state index is 12.6. The van der Waals surface area contributed by atoms with Gasteiger partial charge in [-0.1, -0.05) is 11.6 Å². The first-order chi connectivity index (χ1) is 9.27. The number of nitrogens with one attached hydrogen (secondary N) is 1. The summed E-state index contributed by atoms with van der Waals surface area (Å²) in [7, 11) is 0. The first kappa shape index (κ1) is 14.5. The highest BCUT2D eigenvalue weighted by Gasteiger charge is 2.31. The minimum Gasteiger partial charge on any atom is -0.456 e. The van der Waals surface area contributed by atoms with E-state index < -0.39 is 17.6 Å². The number of benzene rings is 1. The third kappa shape index (κ3) is 3.14. The van der Waals surface area contributed by atoms with Gasteiger partial charge < -0.3 is 9.73 Å². The monoisotopic (exact) mass is 303 g/mol. The molecule has 0 aliphatic heterocycles. The minimum atomic E-state index is -4.51. The Hall–Kier alpha value is -1.95. The molecule has 0 radical (unpaired) electrons. The van der Waals surface area contributed by atoms with Crippen molar-refractivity contribution in [2.75, 3.05) is 5.32 Å². The molecule has 0 spiro atoms. The van der Waals surface area contributed by atoms with Crippen molar-refractivity contribution >= 4 is 23.2 Å². The molecular formula is C13H9ClF3NO2. The Balaban J connectivity index is 2.27. The summed E-state index contributed by atoms with van der Waals surface area (Å²) in [6, 6.07) is 5.69. The van der Waals surface area contributed by atoms with Crippen molar-refractivity contribution in [2.24, 2.45) is 0 Å². The quantitative estimate of drug-likeness (QED) is 0.886. The van der Waals surface area contributed by atoms with Gasteiger partial charge in [0, 0.05) is 0 Å². The summed E-state index contributed by atoms with van der Waals surface area (Å²) in [4.78, 5) is 11.8. The van der Waals surface area contributed by atoms with Crippen LogP contribution in [-0.4, -0.2) is 5.91 Å². The van der Waals surface area contributed by atoms with E-state index >= 15 is 0 Å². The maximum absolute atomic E-state index is 12.6. The number of hydrogen-bond acceptors (Lipinski definition) is 2. The largest absolute Gasteiger partial charge is 0.456 e. The zero-order valence-electron chi connectivity index (χ0n) is 10.2. The summed E-state index contributed by atoms with van der Waals surface area (Å²) in [6.07, 6.45) is -4.51. The first-order valence-electron chi connectivity index (χ1n) is 5.52. The van der Waals surface area contributed by atoms with E-state index in [1.165, 1.54) is 6.07 Å². The minimum absolute atomic E-state index is 0.00372. The molecule has 0 fully saturated rings. The van der Waals surface area contributed by atoms with Crippen LogP contribution in [0.1, 0.15) is 21.9 Å². The fourth-order valence-corrected chi connectivity index (χ4v) is 1.70. The smallest absolute Gasteiger partial charge is 0.416 e. The summed E-state index contributed by atoms with van der Waals surface area (Å²) >= 11 is 5.77. The summed E-state index contributed by atoms with van der Waals surface area (Å²) in [5, 5.41) is 2.30. The van der Waals surface area contributed by atoms with Crippen LogP contribution < -0.4 is 5.32 Å². The molecule has 1 N–H and O–H groups in total. The van der Waals surface area contributed by atoms with Gasteiger partial charge in [-0.15, -0.1) is 0 Å². The second kappa shape index (κ2) is 5.20. The van der Waals surface area contributed by atoms with Crippen LogP contribution in [0.5, 0.6) is 0 Å². The van der Waals surface area contributed by atoms with Gasteiger partial charge in [0.15, 0.2) is 5.76 Å². The molecule has 0 unspecified atom stereocenters. The van der Waals surface area contributed by atoms with E-state index in [0.717, 1.165) is 18.2 Å². The summed E-state index contributed by atoms with van der Waals surface area (Å²) in [5.74, 6) is -0.152. The number of aryl methyl sites for hydroxylation is 1. The number of carbonyl (C=O) groups excluding carboxylic acids is 1. The number of alkyl halides is 3. The van der Waals surface area contributed by atoms with E-state index in [4.69, 9.17) is 16.0 Å². The van der Waals surface area contributed by atoms with Crippen molar-refractivity contribution in [1.29, 1.82) is 0 Å². The fourth-order valence-electron chi connectivity index (χ4n) is 1.54. The summed E-state index contributed by atoms with van der Waals surface area (Å²) < 4.78 is 42.8. The lowest BCUT2D eigenvalue weighted by Crippen LogP contribution is -2.13. The Kier molecular flexibility index (Phi) is 3.76. The average Bonchev–Trinajstić information content (AvgIpc) is 2.77. The third-order valence-electron chi connectivity index (χ3n) is 2.51. The molecule has 0 bridgehead atoms. The topological polar surface area (TPSA) is 42.2 Å². The highest BCUT2D eigenvalue weighted by atomic mass is 35.5. The van der Waals surface area contributed by atoms with Gasteiger partial charge in [0.1, 0.15) is 5.76 Å². The Bertz CT molecular complexity index is 649. The predicted octanol–water partition coefficient (Wildman–Crippen LogP) is 4.51. The van der Waals surface area contributed by atoms with Crippen LogP contribution >= 0.6 is 11.6 Å². The van der Waals surface area contributed by atoms with E-state index in [-0.39, 0.29) is 16.5 Å². The fraction of sp³-hybridized carbons (Fsp3) is 0.154. The molecule has 106 valence electrons. The number of carbonyl (C=O) groups is 1. The Labute approximate surface area is 117 Å². The Morgan fingerprint density at radius 1 is 1.25 bits per heavy atom. The molecule has 1 aromatic carbocycles. The number of furan rings is 1. The number of rotatable bonds is 2. The van der Waals surface area contributed by atoms with Gasteiger partial charge in [0.2, 0.25) is 0 Å². The lowest BCUT2D eigenvalue weighted by Gasteiger charge is -2.10. The van der Waals surface area contributed by atoms with Crippen molar-refractivity contribution < 1.29 is 22.4 Å².